The van der Waals surface area contributed by atoms with E-state index in [0.29, 0.717) is 12.2 Å². The van der Waals surface area contributed by atoms with Crippen molar-refractivity contribution in [2.75, 3.05) is 0 Å². The summed E-state index contributed by atoms with van der Waals surface area (Å²) in [4.78, 5) is 0. The van der Waals surface area contributed by atoms with Crippen molar-refractivity contribution in [1.29, 1.82) is 0 Å². The Labute approximate surface area is 74.5 Å². The highest BCUT2D eigenvalue weighted by Crippen LogP contribution is 2.41. The molecule has 11 heavy (non-hydrogen) atoms. The largest absolute Gasteiger partial charge is 0.365 e. The smallest absolute Gasteiger partial charge is 0.110 e. The Balaban J connectivity index is 2.31. The number of hydrogen-bond donors (Lipinski definition) is 0. The molecule has 0 aromatic heterocycles. The van der Waals surface area contributed by atoms with Gasteiger partial charge >= 0.3 is 0 Å². The van der Waals surface area contributed by atoms with E-state index in [1.807, 2.05) is 18.2 Å². The van der Waals surface area contributed by atoms with E-state index in [-0.39, 0.29) is 0 Å². The van der Waals surface area contributed by atoms with Crippen LogP contribution in [0.5, 0.6) is 0 Å². The maximum atomic E-state index is 5.35. The Bertz CT molecular complexity index is 272. The first kappa shape index (κ1) is 7.32. The summed E-state index contributed by atoms with van der Waals surface area (Å²) < 4.78 is 6.50. The standard InChI is InChI=1S/C9H9BrO/c1-6-9(11-6)7-4-2-3-5-8(7)10/h2-6,9H,1H3. The molecule has 0 radical (unpaired) electrons. The fourth-order valence-corrected chi connectivity index (χ4v) is 1.73. The molecule has 2 heteroatoms. The first-order valence-corrected chi connectivity index (χ1v) is 4.48. The predicted octanol–water partition coefficient (Wildman–Crippen LogP) is 2.91. The predicted molar refractivity (Wildman–Crippen MR) is 47.4 cm³/mol. The van der Waals surface area contributed by atoms with Gasteiger partial charge in [0, 0.05) is 4.47 Å². The van der Waals surface area contributed by atoms with Gasteiger partial charge in [-0.05, 0) is 18.6 Å². The van der Waals surface area contributed by atoms with E-state index in [1.54, 1.807) is 0 Å². The highest BCUT2D eigenvalue weighted by atomic mass is 79.9. The Kier molecular flexibility index (Phi) is 1.74. The van der Waals surface area contributed by atoms with Gasteiger partial charge in [-0.3, -0.25) is 0 Å². The quantitative estimate of drug-likeness (QED) is 0.653. The molecule has 0 amide bonds. The molecule has 0 aliphatic carbocycles. The van der Waals surface area contributed by atoms with Crippen LogP contribution in [0.25, 0.3) is 0 Å². The van der Waals surface area contributed by atoms with Crippen LogP contribution in [0.15, 0.2) is 28.7 Å². The van der Waals surface area contributed by atoms with Gasteiger partial charge in [-0.25, -0.2) is 0 Å². The van der Waals surface area contributed by atoms with Crippen molar-refractivity contribution in [3.8, 4) is 0 Å². The van der Waals surface area contributed by atoms with E-state index < -0.39 is 0 Å². The minimum atomic E-state index is 0.325. The third-order valence-corrected chi connectivity index (χ3v) is 2.64. The second-order valence-corrected chi connectivity index (χ2v) is 3.64. The van der Waals surface area contributed by atoms with Crippen LogP contribution in [0.4, 0.5) is 0 Å². The average molecular weight is 213 g/mol. The molecule has 2 unspecified atom stereocenters. The van der Waals surface area contributed by atoms with Crippen LogP contribution in [0.3, 0.4) is 0 Å². The maximum Gasteiger partial charge on any atom is 0.110 e. The summed E-state index contributed by atoms with van der Waals surface area (Å²) in [6.45, 7) is 2.09. The molecule has 0 N–H and O–H groups in total. The molecule has 1 aliphatic rings. The molecule has 0 bridgehead atoms. The Hall–Kier alpha value is -0.340. The van der Waals surface area contributed by atoms with Gasteiger partial charge in [-0.2, -0.15) is 0 Å². The van der Waals surface area contributed by atoms with E-state index in [9.17, 15) is 0 Å². The van der Waals surface area contributed by atoms with Crippen molar-refractivity contribution in [1.82, 2.24) is 0 Å². The first-order valence-electron chi connectivity index (χ1n) is 3.69. The van der Waals surface area contributed by atoms with Crippen LogP contribution >= 0.6 is 15.9 Å². The van der Waals surface area contributed by atoms with Gasteiger partial charge in [0.2, 0.25) is 0 Å². The third kappa shape index (κ3) is 1.33. The molecule has 0 spiro atoms. The van der Waals surface area contributed by atoms with Gasteiger partial charge < -0.3 is 4.74 Å². The van der Waals surface area contributed by atoms with Crippen molar-refractivity contribution in [3.63, 3.8) is 0 Å². The number of epoxide rings is 1. The Morgan fingerprint density at radius 1 is 1.36 bits per heavy atom. The molecule has 1 aliphatic heterocycles. The fourth-order valence-electron chi connectivity index (χ4n) is 1.22. The summed E-state index contributed by atoms with van der Waals surface area (Å²) >= 11 is 3.48. The van der Waals surface area contributed by atoms with Crippen molar-refractivity contribution in [2.24, 2.45) is 0 Å². The van der Waals surface area contributed by atoms with Gasteiger partial charge in [0.05, 0.1) is 6.10 Å². The lowest BCUT2D eigenvalue weighted by atomic mass is 10.1. The van der Waals surface area contributed by atoms with Crippen LogP contribution < -0.4 is 0 Å². The van der Waals surface area contributed by atoms with Crippen molar-refractivity contribution < 1.29 is 4.74 Å². The van der Waals surface area contributed by atoms with Crippen molar-refractivity contribution in [3.05, 3.63) is 34.3 Å². The molecule has 2 atom stereocenters. The molecular formula is C9H9BrO. The molecule has 58 valence electrons. The molecule has 2 rings (SSSR count). The van der Waals surface area contributed by atoms with Crippen LogP contribution in [0.2, 0.25) is 0 Å². The van der Waals surface area contributed by atoms with Crippen LogP contribution in [-0.4, -0.2) is 6.10 Å². The molecule has 1 fully saturated rings. The average Bonchev–Trinajstić information content (AvgIpc) is 2.68. The van der Waals surface area contributed by atoms with Crippen molar-refractivity contribution in [2.45, 2.75) is 19.1 Å². The highest BCUT2D eigenvalue weighted by molar-refractivity contribution is 9.10. The second-order valence-electron chi connectivity index (χ2n) is 2.78. The lowest BCUT2D eigenvalue weighted by molar-refractivity contribution is 0.382. The fraction of sp³-hybridized carbons (Fsp3) is 0.333. The normalized spacial score (nSPS) is 28.5. The number of halogens is 1. The Morgan fingerprint density at radius 2 is 2.00 bits per heavy atom. The second kappa shape index (κ2) is 2.61. The van der Waals surface area contributed by atoms with Crippen LogP contribution in [0, 0.1) is 0 Å². The van der Waals surface area contributed by atoms with Gasteiger partial charge in [-0.1, -0.05) is 34.1 Å². The number of hydrogen-bond acceptors (Lipinski definition) is 1. The van der Waals surface area contributed by atoms with E-state index in [0.717, 1.165) is 4.47 Å². The molecule has 1 saturated heterocycles. The molecular weight excluding hydrogens is 204 g/mol. The summed E-state index contributed by atoms with van der Waals surface area (Å²) in [5.74, 6) is 0. The number of ether oxygens (including phenoxy) is 1. The lowest BCUT2D eigenvalue weighted by Crippen LogP contribution is -1.83. The molecule has 1 aromatic rings. The number of benzene rings is 1. The molecule has 0 saturated carbocycles. The summed E-state index contributed by atoms with van der Waals surface area (Å²) in [5.41, 5.74) is 1.26. The zero-order chi connectivity index (χ0) is 7.84. The minimum absolute atomic E-state index is 0.325. The van der Waals surface area contributed by atoms with Gasteiger partial charge in [-0.15, -0.1) is 0 Å². The third-order valence-electron chi connectivity index (χ3n) is 1.92. The first-order chi connectivity index (χ1) is 5.29. The topological polar surface area (TPSA) is 12.5 Å². The summed E-state index contributed by atoms with van der Waals surface area (Å²) in [6, 6.07) is 8.19. The van der Waals surface area contributed by atoms with Gasteiger partial charge in [0.25, 0.3) is 0 Å². The molecule has 1 nitrogen and oxygen atoms in total. The van der Waals surface area contributed by atoms with E-state index in [2.05, 4.69) is 28.9 Å². The summed E-state index contributed by atoms with van der Waals surface area (Å²) in [6.07, 6.45) is 0.722. The van der Waals surface area contributed by atoms with E-state index >= 15 is 0 Å². The number of rotatable bonds is 1. The molecule has 1 aromatic carbocycles. The van der Waals surface area contributed by atoms with E-state index in [1.165, 1.54) is 5.56 Å². The SMILES string of the molecule is CC1OC1c1ccccc1Br. The summed E-state index contributed by atoms with van der Waals surface area (Å²) in [7, 11) is 0. The zero-order valence-corrected chi connectivity index (χ0v) is 7.84. The monoisotopic (exact) mass is 212 g/mol. The maximum absolute atomic E-state index is 5.35. The van der Waals surface area contributed by atoms with Crippen LogP contribution in [0.1, 0.15) is 18.6 Å². The molecule has 1 heterocycles. The summed E-state index contributed by atoms with van der Waals surface area (Å²) in [5, 5.41) is 0. The van der Waals surface area contributed by atoms with Crippen LogP contribution in [-0.2, 0) is 4.74 Å². The zero-order valence-electron chi connectivity index (χ0n) is 6.25. The Morgan fingerprint density at radius 3 is 2.55 bits per heavy atom. The van der Waals surface area contributed by atoms with Gasteiger partial charge in [0.1, 0.15) is 6.10 Å². The van der Waals surface area contributed by atoms with Crippen molar-refractivity contribution >= 4 is 15.9 Å². The minimum Gasteiger partial charge on any atom is -0.365 e. The van der Waals surface area contributed by atoms with Gasteiger partial charge in [0.15, 0.2) is 0 Å². The van der Waals surface area contributed by atoms with E-state index in [4.69, 9.17) is 4.74 Å². The lowest BCUT2D eigenvalue weighted by Gasteiger charge is -1.97. The highest BCUT2D eigenvalue weighted by Gasteiger charge is 2.36.